The normalized spacial score (nSPS) is 11.4. The molecule has 0 radical (unpaired) electrons. The second-order valence-corrected chi connectivity index (χ2v) is 4.85. The summed E-state index contributed by atoms with van der Waals surface area (Å²) in [5.41, 5.74) is 8.00. The second kappa shape index (κ2) is 4.14. The van der Waals surface area contributed by atoms with Gasteiger partial charge >= 0.3 is 0 Å². The Morgan fingerprint density at radius 3 is 2.93 bits per heavy atom. The Balaban J connectivity index is 2.27. The molecule has 2 aromatic rings. The number of anilines is 1. The van der Waals surface area contributed by atoms with E-state index in [1.807, 2.05) is 18.2 Å². The molecule has 0 fully saturated rings. The van der Waals surface area contributed by atoms with E-state index in [1.54, 1.807) is 11.8 Å². The molecule has 4 heteroatoms. The van der Waals surface area contributed by atoms with Gasteiger partial charge in [-0.05, 0) is 18.1 Å². The number of para-hydroxylation sites is 1. The molecule has 1 aromatic heterocycles. The monoisotopic (exact) mass is 222 g/mol. The van der Waals surface area contributed by atoms with Gasteiger partial charge in [-0.3, -0.25) is 0 Å². The molecular weight excluding hydrogens is 208 g/mol. The van der Waals surface area contributed by atoms with Crippen molar-refractivity contribution < 1.29 is 4.42 Å². The van der Waals surface area contributed by atoms with Crippen LogP contribution in [-0.2, 0) is 0 Å². The van der Waals surface area contributed by atoms with Gasteiger partial charge in [0.15, 0.2) is 5.58 Å². The first-order chi connectivity index (χ1) is 7.16. The molecule has 0 aliphatic carbocycles. The van der Waals surface area contributed by atoms with E-state index in [1.165, 1.54) is 0 Å². The smallest absolute Gasteiger partial charge is 0.256 e. The molecule has 15 heavy (non-hydrogen) atoms. The van der Waals surface area contributed by atoms with E-state index in [4.69, 9.17) is 10.2 Å². The number of nitrogens with two attached hydrogens (primary N) is 1. The number of thioether (sulfide) groups is 1. The average molecular weight is 222 g/mol. The van der Waals surface area contributed by atoms with Crippen LogP contribution < -0.4 is 5.73 Å². The van der Waals surface area contributed by atoms with Crippen molar-refractivity contribution in [2.45, 2.75) is 19.1 Å². The summed E-state index contributed by atoms with van der Waals surface area (Å²) >= 11 is 1.63. The predicted molar refractivity (Wildman–Crippen MR) is 64.0 cm³/mol. The molecule has 0 unspecified atom stereocenters. The fraction of sp³-hybridized carbons (Fsp3) is 0.364. The van der Waals surface area contributed by atoms with Crippen molar-refractivity contribution >= 4 is 28.5 Å². The van der Waals surface area contributed by atoms with Gasteiger partial charge in [0.2, 0.25) is 0 Å². The summed E-state index contributed by atoms with van der Waals surface area (Å²) in [5.74, 6) is 1.63. The lowest BCUT2D eigenvalue weighted by molar-refractivity contribution is 0.488. The third-order valence-corrected chi connectivity index (χ3v) is 3.23. The van der Waals surface area contributed by atoms with Gasteiger partial charge in [0.25, 0.3) is 5.22 Å². The van der Waals surface area contributed by atoms with Gasteiger partial charge in [-0.1, -0.05) is 31.7 Å². The Bertz CT molecular complexity index is 465. The maximum Gasteiger partial charge on any atom is 0.256 e. The number of fused-ring (bicyclic) bond motifs is 1. The molecule has 2 rings (SSSR count). The number of nitrogens with zero attached hydrogens (tertiary/aromatic N) is 1. The van der Waals surface area contributed by atoms with Gasteiger partial charge in [0, 0.05) is 5.75 Å². The second-order valence-electron chi connectivity index (χ2n) is 3.88. The van der Waals surface area contributed by atoms with Gasteiger partial charge in [0.1, 0.15) is 5.52 Å². The SMILES string of the molecule is CC(C)CSc1nc2c(N)cccc2o1. The molecule has 0 saturated carbocycles. The van der Waals surface area contributed by atoms with Crippen LogP contribution in [0.1, 0.15) is 13.8 Å². The highest BCUT2D eigenvalue weighted by Crippen LogP contribution is 2.27. The van der Waals surface area contributed by atoms with Gasteiger partial charge in [-0.2, -0.15) is 0 Å². The first-order valence-electron chi connectivity index (χ1n) is 4.94. The van der Waals surface area contributed by atoms with Crippen LogP contribution in [0.15, 0.2) is 27.8 Å². The highest BCUT2D eigenvalue weighted by molar-refractivity contribution is 7.99. The van der Waals surface area contributed by atoms with Crippen molar-refractivity contribution in [2.24, 2.45) is 5.92 Å². The van der Waals surface area contributed by atoms with Crippen molar-refractivity contribution in [1.29, 1.82) is 0 Å². The van der Waals surface area contributed by atoms with E-state index < -0.39 is 0 Å². The Kier molecular flexibility index (Phi) is 2.86. The van der Waals surface area contributed by atoms with Crippen LogP contribution in [0, 0.1) is 5.92 Å². The molecule has 0 bridgehead atoms. The molecule has 1 aromatic carbocycles. The van der Waals surface area contributed by atoms with Crippen LogP contribution in [0.3, 0.4) is 0 Å². The van der Waals surface area contributed by atoms with Gasteiger partial charge in [-0.25, -0.2) is 4.98 Å². The quantitative estimate of drug-likeness (QED) is 0.640. The number of nitrogen functional groups attached to an aromatic ring is 1. The Labute approximate surface area is 93.0 Å². The highest BCUT2D eigenvalue weighted by Gasteiger charge is 2.08. The van der Waals surface area contributed by atoms with Crippen LogP contribution in [0.2, 0.25) is 0 Å². The van der Waals surface area contributed by atoms with Crippen molar-refractivity contribution in [1.82, 2.24) is 4.98 Å². The Morgan fingerprint density at radius 2 is 2.27 bits per heavy atom. The number of rotatable bonds is 3. The standard InChI is InChI=1S/C11H14N2OS/c1-7(2)6-15-11-13-10-8(12)4-3-5-9(10)14-11/h3-5,7H,6,12H2,1-2H3. The van der Waals surface area contributed by atoms with Crippen LogP contribution in [0.25, 0.3) is 11.1 Å². The number of oxazole rings is 1. The first-order valence-corrected chi connectivity index (χ1v) is 5.93. The minimum absolute atomic E-state index is 0.627. The molecular formula is C11H14N2OS. The summed E-state index contributed by atoms with van der Waals surface area (Å²) in [4.78, 5) is 4.36. The maximum atomic E-state index is 5.79. The summed E-state index contributed by atoms with van der Waals surface area (Å²) in [7, 11) is 0. The molecule has 0 aliphatic heterocycles. The Hall–Kier alpha value is -1.16. The zero-order valence-corrected chi connectivity index (χ0v) is 9.67. The molecule has 0 amide bonds. The van der Waals surface area contributed by atoms with Crippen LogP contribution in [0.4, 0.5) is 5.69 Å². The topological polar surface area (TPSA) is 52.0 Å². The van der Waals surface area contributed by atoms with Gasteiger partial charge < -0.3 is 10.2 Å². The van der Waals surface area contributed by atoms with E-state index in [2.05, 4.69) is 18.8 Å². The average Bonchev–Trinajstić information content (AvgIpc) is 2.59. The van der Waals surface area contributed by atoms with Crippen LogP contribution in [0.5, 0.6) is 0 Å². The van der Waals surface area contributed by atoms with Crippen molar-refractivity contribution in [3.05, 3.63) is 18.2 Å². The molecule has 0 aliphatic rings. The molecule has 0 saturated heterocycles. The zero-order chi connectivity index (χ0) is 10.8. The zero-order valence-electron chi connectivity index (χ0n) is 8.86. The minimum Gasteiger partial charge on any atom is -0.431 e. The van der Waals surface area contributed by atoms with Gasteiger partial charge in [-0.15, -0.1) is 0 Å². The molecule has 1 heterocycles. The third-order valence-electron chi connectivity index (χ3n) is 1.97. The molecule has 0 atom stereocenters. The number of hydrogen-bond acceptors (Lipinski definition) is 4. The highest BCUT2D eigenvalue weighted by atomic mass is 32.2. The number of benzene rings is 1. The van der Waals surface area contributed by atoms with E-state index >= 15 is 0 Å². The summed E-state index contributed by atoms with van der Waals surface area (Å²) < 4.78 is 5.57. The summed E-state index contributed by atoms with van der Waals surface area (Å²) in [5, 5.41) is 0.705. The van der Waals surface area contributed by atoms with Crippen molar-refractivity contribution in [3.63, 3.8) is 0 Å². The number of hydrogen-bond donors (Lipinski definition) is 1. The van der Waals surface area contributed by atoms with Crippen molar-refractivity contribution in [3.8, 4) is 0 Å². The summed E-state index contributed by atoms with van der Waals surface area (Å²) in [6.07, 6.45) is 0. The lowest BCUT2D eigenvalue weighted by Crippen LogP contribution is -1.90. The van der Waals surface area contributed by atoms with E-state index in [0.29, 0.717) is 16.8 Å². The van der Waals surface area contributed by atoms with E-state index in [9.17, 15) is 0 Å². The molecule has 80 valence electrons. The molecule has 2 N–H and O–H groups in total. The fourth-order valence-electron chi connectivity index (χ4n) is 1.25. The predicted octanol–water partition coefficient (Wildman–Crippen LogP) is 3.16. The summed E-state index contributed by atoms with van der Waals surface area (Å²) in [6, 6.07) is 5.60. The minimum atomic E-state index is 0.627. The first kappa shape index (κ1) is 10.4. The largest absolute Gasteiger partial charge is 0.431 e. The van der Waals surface area contributed by atoms with E-state index in [0.717, 1.165) is 16.9 Å². The third kappa shape index (κ3) is 2.26. The summed E-state index contributed by atoms with van der Waals surface area (Å²) in [6.45, 7) is 4.34. The number of aromatic nitrogens is 1. The lowest BCUT2D eigenvalue weighted by Gasteiger charge is -1.98. The Morgan fingerprint density at radius 1 is 1.47 bits per heavy atom. The fourth-order valence-corrected chi connectivity index (χ4v) is 2.03. The lowest BCUT2D eigenvalue weighted by atomic mass is 10.3. The van der Waals surface area contributed by atoms with Gasteiger partial charge in [0.05, 0.1) is 5.69 Å². The van der Waals surface area contributed by atoms with Crippen molar-refractivity contribution in [2.75, 3.05) is 11.5 Å². The van der Waals surface area contributed by atoms with E-state index in [-0.39, 0.29) is 0 Å². The molecule has 0 spiro atoms. The van der Waals surface area contributed by atoms with Crippen LogP contribution >= 0.6 is 11.8 Å². The molecule has 3 nitrogen and oxygen atoms in total. The maximum absolute atomic E-state index is 5.79. The van der Waals surface area contributed by atoms with Crippen LogP contribution in [-0.4, -0.2) is 10.7 Å².